The van der Waals surface area contributed by atoms with Crippen LogP contribution in [-0.4, -0.2) is 0 Å². The molecule has 4 atom stereocenters. The Hall–Kier alpha value is -1.04. The lowest BCUT2D eigenvalue weighted by atomic mass is 9.63. The predicted octanol–water partition coefficient (Wildman–Crippen LogP) is 8.53. The lowest BCUT2D eigenvalue weighted by Crippen LogP contribution is -2.34. The van der Waals surface area contributed by atoms with E-state index in [0.717, 1.165) is 18.8 Å². The molecule has 0 bridgehead atoms. The van der Waals surface area contributed by atoms with Gasteiger partial charge in [-0.05, 0) is 90.2 Å². The van der Waals surface area contributed by atoms with Crippen molar-refractivity contribution in [2.24, 2.45) is 34.0 Å². The third-order valence-corrected chi connectivity index (χ3v) is 7.89. The molecule has 0 aromatic rings. The van der Waals surface area contributed by atoms with Crippen LogP contribution < -0.4 is 0 Å². The maximum atomic E-state index is 4.68. The summed E-state index contributed by atoms with van der Waals surface area (Å²) in [5, 5.41) is 0. The van der Waals surface area contributed by atoms with E-state index in [1.807, 2.05) is 0 Å². The van der Waals surface area contributed by atoms with Crippen molar-refractivity contribution in [3.05, 3.63) is 47.6 Å². The minimum absolute atomic E-state index is 0.104. The Morgan fingerprint density at radius 3 is 2.30 bits per heavy atom. The van der Waals surface area contributed by atoms with E-state index in [4.69, 9.17) is 0 Å². The quantitative estimate of drug-likeness (QED) is 0.426. The summed E-state index contributed by atoms with van der Waals surface area (Å²) < 4.78 is 0. The van der Waals surface area contributed by atoms with Gasteiger partial charge in [0.25, 0.3) is 0 Å². The van der Waals surface area contributed by atoms with E-state index in [-0.39, 0.29) is 10.8 Å². The van der Waals surface area contributed by atoms with Crippen molar-refractivity contribution in [3.63, 3.8) is 0 Å². The maximum absolute atomic E-state index is 4.68. The van der Waals surface area contributed by atoms with E-state index in [2.05, 4.69) is 87.6 Å². The Kier molecular flexibility index (Phi) is 6.11. The fraction of sp³-hybridized carbons (Fsp3) is 0.704. The van der Waals surface area contributed by atoms with Crippen LogP contribution >= 0.6 is 0 Å². The number of hydrogen-bond acceptors (Lipinski definition) is 0. The zero-order valence-electron chi connectivity index (χ0n) is 19.6. The highest BCUT2D eigenvalue weighted by molar-refractivity contribution is 5.50. The topological polar surface area (TPSA) is 0 Å². The number of fused-ring (bicyclic) bond motifs is 1. The van der Waals surface area contributed by atoms with Crippen LogP contribution in [0.15, 0.2) is 47.6 Å². The normalized spacial score (nSPS) is 35.5. The second-order valence-corrected chi connectivity index (χ2v) is 11.5. The molecule has 4 unspecified atom stereocenters. The van der Waals surface area contributed by atoms with Crippen LogP contribution in [0.3, 0.4) is 0 Å². The third kappa shape index (κ3) is 4.20. The lowest BCUT2D eigenvalue weighted by molar-refractivity contribution is 0.109. The second kappa shape index (κ2) is 7.41. The van der Waals surface area contributed by atoms with E-state index in [9.17, 15) is 0 Å². The molecule has 2 rings (SSSR count). The van der Waals surface area contributed by atoms with E-state index in [1.54, 1.807) is 0 Å². The molecule has 0 nitrogen and oxygen atoms in total. The fourth-order valence-electron chi connectivity index (χ4n) is 5.78. The highest BCUT2D eigenvalue weighted by atomic mass is 14.6. The van der Waals surface area contributed by atoms with E-state index in [0.29, 0.717) is 17.3 Å². The van der Waals surface area contributed by atoms with Gasteiger partial charge in [-0.1, -0.05) is 79.3 Å². The molecule has 2 aliphatic carbocycles. The monoisotopic (exact) mass is 368 g/mol. The molecular weight excluding hydrogens is 324 g/mol. The first-order valence-corrected chi connectivity index (χ1v) is 11.0. The van der Waals surface area contributed by atoms with Crippen LogP contribution in [0.25, 0.3) is 0 Å². The van der Waals surface area contributed by atoms with Gasteiger partial charge in [0.05, 0.1) is 0 Å². The number of hydrogen-bond donors (Lipinski definition) is 0. The summed E-state index contributed by atoms with van der Waals surface area (Å²) in [7, 11) is 0. The molecule has 152 valence electrons. The molecule has 0 heterocycles. The molecule has 0 saturated heterocycles. The average molecular weight is 369 g/mol. The lowest BCUT2D eigenvalue weighted by Gasteiger charge is -2.41. The van der Waals surface area contributed by atoms with Gasteiger partial charge in [-0.3, -0.25) is 0 Å². The molecule has 1 saturated carbocycles. The highest BCUT2D eigenvalue weighted by Gasteiger charge is 2.56. The molecular formula is C27H44. The molecule has 0 amide bonds. The van der Waals surface area contributed by atoms with Crippen molar-refractivity contribution in [2.75, 3.05) is 0 Å². The van der Waals surface area contributed by atoms with Crippen molar-refractivity contribution in [3.8, 4) is 0 Å². The SMILES string of the molecule is C=C(CC(C)C)C1=CC2(C)CC(C)C(C)(C)C2CC(C)(CC=C(C)C)C1=C. The first-order chi connectivity index (χ1) is 12.2. The highest BCUT2D eigenvalue weighted by Crippen LogP contribution is 2.64. The predicted molar refractivity (Wildman–Crippen MR) is 122 cm³/mol. The summed E-state index contributed by atoms with van der Waals surface area (Å²) in [6, 6.07) is 0. The zero-order chi connectivity index (χ0) is 20.8. The Balaban J connectivity index is 2.60. The van der Waals surface area contributed by atoms with E-state index >= 15 is 0 Å². The van der Waals surface area contributed by atoms with Gasteiger partial charge in [-0.2, -0.15) is 0 Å². The van der Waals surface area contributed by atoms with Crippen molar-refractivity contribution < 1.29 is 0 Å². The van der Waals surface area contributed by atoms with Crippen LogP contribution in [0.4, 0.5) is 0 Å². The van der Waals surface area contributed by atoms with Gasteiger partial charge >= 0.3 is 0 Å². The smallest absolute Gasteiger partial charge is 0.00375 e. The Morgan fingerprint density at radius 1 is 1.19 bits per heavy atom. The van der Waals surface area contributed by atoms with Gasteiger partial charge in [0.2, 0.25) is 0 Å². The van der Waals surface area contributed by atoms with Crippen molar-refractivity contribution in [1.29, 1.82) is 0 Å². The van der Waals surface area contributed by atoms with E-state index < -0.39 is 0 Å². The largest absolute Gasteiger partial charge is 0.0952 e. The Morgan fingerprint density at radius 2 is 1.78 bits per heavy atom. The first-order valence-electron chi connectivity index (χ1n) is 11.0. The zero-order valence-corrected chi connectivity index (χ0v) is 19.6. The summed E-state index contributed by atoms with van der Waals surface area (Å²) in [5.74, 6) is 2.04. The molecule has 0 N–H and O–H groups in total. The van der Waals surface area contributed by atoms with Gasteiger partial charge in [-0.15, -0.1) is 0 Å². The summed E-state index contributed by atoms with van der Waals surface area (Å²) in [5.41, 5.74) is 6.09. The first kappa shape index (κ1) is 22.3. The minimum Gasteiger partial charge on any atom is -0.0952 e. The van der Waals surface area contributed by atoms with Crippen molar-refractivity contribution >= 4 is 0 Å². The van der Waals surface area contributed by atoms with Gasteiger partial charge in [0.15, 0.2) is 0 Å². The summed E-state index contributed by atoms with van der Waals surface area (Å²) in [6.45, 7) is 30.6. The van der Waals surface area contributed by atoms with Crippen LogP contribution in [0.2, 0.25) is 0 Å². The molecule has 0 aliphatic heterocycles. The van der Waals surface area contributed by atoms with Crippen LogP contribution in [0, 0.1) is 34.0 Å². The van der Waals surface area contributed by atoms with Crippen LogP contribution in [0.1, 0.15) is 88.0 Å². The van der Waals surface area contributed by atoms with Gasteiger partial charge in [0.1, 0.15) is 0 Å². The fourth-order valence-corrected chi connectivity index (χ4v) is 5.78. The standard InChI is InChI=1S/C27H44/c1-18(2)12-13-26(10)17-24-25(8,9)21(6)15-27(24,11)16-23(22(26)7)20(5)14-19(3)4/h12,16,19,21,24H,5,7,13-15,17H2,1-4,6,8-11H3. The van der Waals surface area contributed by atoms with Crippen molar-refractivity contribution in [2.45, 2.75) is 88.0 Å². The minimum atomic E-state index is 0.104. The molecule has 0 aromatic heterocycles. The summed E-state index contributed by atoms with van der Waals surface area (Å²) in [6.07, 6.45) is 9.65. The Labute approximate surface area is 169 Å². The Bertz CT molecular complexity index is 664. The molecule has 0 heteroatoms. The molecule has 0 aromatic carbocycles. The molecule has 1 fully saturated rings. The van der Waals surface area contributed by atoms with Gasteiger partial charge in [0, 0.05) is 0 Å². The van der Waals surface area contributed by atoms with Crippen LogP contribution in [-0.2, 0) is 0 Å². The second-order valence-electron chi connectivity index (χ2n) is 11.5. The molecule has 2 aliphatic rings. The van der Waals surface area contributed by atoms with Gasteiger partial charge in [-0.25, -0.2) is 0 Å². The average Bonchev–Trinajstić information content (AvgIpc) is 2.63. The summed E-state index contributed by atoms with van der Waals surface area (Å²) in [4.78, 5) is 0. The van der Waals surface area contributed by atoms with Gasteiger partial charge < -0.3 is 0 Å². The van der Waals surface area contributed by atoms with Crippen LogP contribution in [0.5, 0.6) is 0 Å². The number of allylic oxidation sites excluding steroid dienone is 6. The number of rotatable bonds is 5. The third-order valence-electron chi connectivity index (χ3n) is 7.89. The van der Waals surface area contributed by atoms with E-state index in [1.165, 1.54) is 35.1 Å². The molecule has 0 spiro atoms. The van der Waals surface area contributed by atoms with Crippen molar-refractivity contribution in [1.82, 2.24) is 0 Å². The summed E-state index contributed by atoms with van der Waals surface area (Å²) >= 11 is 0. The molecule has 27 heavy (non-hydrogen) atoms. The molecule has 0 radical (unpaired) electrons. The maximum Gasteiger partial charge on any atom is -0.00375 e.